The number of para-hydroxylation sites is 1. The lowest BCUT2D eigenvalue weighted by Crippen LogP contribution is -2.26. The van der Waals surface area contributed by atoms with Crippen LogP contribution < -0.4 is 5.73 Å². The summed E-state index contributed by atoms with van der Waals surface area (Å²) in [4.78, 5) is 0. The lowest BCUT2D eigenvalue weighted by atomic mass is 9.78. The quantitative estimate of drug-likeness (QED) is 0.876. The molecule has 0 amide bonds. The van der Waals surface area contributed by atoms with Crippen LogP contribution in [0.1, 0.15) is 30.9 Å². The molecule has 1 aromatic heterocycles. The third-order valence-corrected chi connectivity index (χ3v) is 3.67. The maximum Gasteiger partial charge on any atom is 0.0645 e. The second-order valence-electron chi connectivity index (χ2n) is 4.77. The average molecular weight is 227 g/mol. The zero-order valence-electron chi connectivity index (χ0n) is 9.79. The third-order valence-electron chi connectivity index (χ3n) is 3.67. The molecule has 1 unspecified atom stereocenters. The average Bonchev–Trinajstić information content (AvgIpc) is 2.77. The molecule has 2 aromatic rings. The van der Waals surface area contributed by atoms with Gasteiger partial charge in [-0.2, -0.15) is 5.10 Å². The van der Waals surface area contributed by atoms with Crippen molar-refractivity contribution >= 4 is 0 Å². The van der Waals surface area contributed by atoms with Crippen molar-refractivity contribution in [3.8, 4) is 5.69 Å². The van der Waals surface area contributed by atoms with Crippen LogP contribution in [0.2, 0.25) is 0 Å². The highest BCUT2D eigenvalue weighted by Crippen LogP contribution is 2.36. The summed E-state index contributed by atoms with van der Waals surface area (Å²) in [5, 5.41) is 4.38. The molecule has 1 saturated carbocycles. The standard InChI is InChI=1S/C14H17N3/c15-14(11-5-4-6-11)12-9-16-17(10-12)13-7-2-1-3-8-13/h1-3,7-11,14H,4-6,15H2. The molecule has 1 atom stereocenters. The SMILES string of the molecule is NC(c1cnn(-c2ccccc2)c1)C1CCC1. The molecule has 0 radical (unpaired) electrons. The molecular weight excluding hydrogens is 210 g/mol. The third kappa shape index (κ3) is 1.98. The highest BCUT2D eigenvalue weighted by atomic mass is 15.3. The zero-order valence-corrected chi connectivity index (χ0v) is 9.79. The Kier molecular flexibility index (Phi) is 2.69. The Balaban J connectivity index is 1.82. The van der Waals surface area contributed by atoms with E-state index in [1.54, 1.807) is 0 Å². The van der Waals surface area contributed by atoms with Gasteiger partial charge in [-0.15, -0.1) is 0 Å². The lowest BCUT2D eigenvalue weighted by Gasteiger charge is -2.30. The highest BCUT2D eigenvalue weighted by Gasteiger charge is 2.26. The van der Waals surface area contributed by atoms with Crippen molar-refractivity contribution in [3.05, 3.63) is 48.3 Å². The van der Waals surface area contributed by atoms with Gasteiger partial charge in [0.05, 0.1) is 11.9 Å². The van der Waals surface area contributed by atoms with Gasteiger partial charge in [-0.05, 0) is 30.9 Å². The van der Waals surface area contributed by atoms with E-state index in [-0.39, 0.29) is 6.04 Å². The molecule has 0 saturated heterocycles. The molecule has 1 heterocycles. The van der Waals surface area contributed by atoms with Crippen LogP contribution in [0.15, 0.2) is 42.7 Å². The number of hydrogen-bond donors (Lipinski definition) is 1. The van der Waals surface area contributed by atoms with E-state index >= 15 is 0 Å². The normalized spacial score (nSPS) is 17.7. The molecule has 1 aliphatic rings. The van der Waals surface area contributed by atoms with Crippen molar-refractivity contribution in [2.45, 2.75) is 25.3 Å². The fraction of sp³-hybridized carbons (Fsp3) is 0.357. The van der Waals surface area contributed by atoms with Crippen LogP contribution >= 0.6 is 0 Å². The molecule has 1 aliphatic carbocycles. The van der Waals surface area contributed by atoms with E-state index in [0.717, 1.165) is 11.3 Å². The number of nitrogens with two attached hydrogens (primary N) is 1. The van der Waals surface area contributed by atoms with Crippen molar-refractivity contribution in [1.82, 2.24) is 9.78 Å². The lowest BCUT2D eigenvalue weighted by molar-refractivity contribution is 0.264. The van der Waals surface area contributed by atoms with Crippen LogP contribution in [-0.4, -0.2) is 9.78 Å². The van der Waals surface area contributed by atoms with Gasteiger partial charge in [0.25, 0.3) is 0 Å². The van der Waals surface area contributed by atoms with Crippen LogP contribution in [0.4, 0.5) is 0 Å². The number of hydrogen-bond acceptors (Lipinski definition) is 2. The summed E-state index contributed by atoms with van der Waals surface area (Å²) >= 11 is 0. The van der Waals surface area contributed by atoms with E-state index in [9.17, 15) is 0 Å². The van der Waals surface area contributed by atoms with Gasteiger partial charge in [-0.1, -0.05) is 24.6 Å². The maximum atomic E-state index is 6.24. The van der Waals surface area contributed by atoms with Gasteiger partial charge in [-0.3, -0.25) is 0 Å². The first-order valence-corrected chi connectivity index (χ1v) is 6.20. The molecule has 0 aliphatic heterocycles. The Bertz CT molecular complexity index is 485. The fourth-order valence-corrected chi connectivity index (χ4v) is 2.30. The molecule has 0 bridgehead atoms. The van der Waals surface area contributed by atoms with Crippen molar-refractivity contribution in [2.24, 2.45) is 11.7 Å². The molecule has 88 valence electrons. The van der Waals surface area contributed by atoms with E-state index in [4.69, 9.17) is 5.73 Å². The first-order valence-electron chi connectivity index (χ1n) is 6.20. The van der Waals surface area contributed by atoms with Crippen LogP contribution in [0.25, 0.3) is 5.69 Å². The summed E-state index contributed by atoms with van der Waals surface area (Å²) < 4.78 is 1.90. The molecule has 3 rings (SSSR count). The summed E-state index contributed by atoms with van der Waals surface area (Å²) in [5.74, 6) is 0.656. The Hall–Kier alpha value is -1.61. The van der Waals surface area contributed by atoms with Gasteiger partial charge in [-0.25, -0.2) is 4.68 Å². The largest absolute Gasteiger partial charge is 0.324 e. The van der Waals surface area contributed by atoms with Crippen LogP contribution in [0.5, 0.6) is 0 Å². The van der Waals surface area contributed by atoms with Gasteiger partial charge in [0, 0.05) is 17.8 Å². The molecule has 1 aromatic carbocycles. The minimum atomic E-state index is 0.154. The molecule has 3 heteroatoms. The number of rotatable bonds is 3. The van der Waals surface area contributed by atoms with Gasteiger partial charge >= 0.3 is 0 Å². The van der Waals surface area contributed by atoms with E-state index in [2.05, 4.69) is 11.3 Å². The second kappa shape index (κ2) is 4.34. The van der Waals surface area contributed by atoms with Crippen LogP contribution in [0.3, 0.4) is 0 Å². The maximum absolute atomic E-state index is 6.24. The topological polar surface area (TPSA) is 43.8 Å². The number of nitrogens with zero attached hydrogens (tertiary/aromatic N) is 2. The second-order valence-corrected chi connectivity index (χ2v) is 4.77. The minimum Gasteiger partial charge on any atom is -0.324 e. The summed E-state index contributed by atoms with van der Waals surface area (Å²) in [6.45, 7) is 0. The molecular formula is C14H17N3. The van der Waals surface area contributed by atoms with Crippen molar-refractivity contribution in [2.75, 3.05) is 0 Å². The molecule has 17 heavy (non-hydrogen) atoms. The Morgan fingerprint density at radius 1 is 1.24 bits per heavy atom. The molecule has 3 nitrogen and oxygen atoms in total. The first kappa shape index (κ1) is 10.5. The predicted molar refractivity (Wildman–Crippen MR) is 67.8 cm³/mol. The van der Waals surface area contributed by atoms with E-state index < -0.39 is 0 Å². The molecule has 1 fully saturated rings. The van der Waals surface area contributed by atoms with Crippen LogP contribution in [-0.2, 0) is 0 Å². The Labute approximate surface area is 101 Å². The Morgan fingerprint density at radius 2 is 2.00 bits per heavy atom. The van der Waals surface area contributed by atoms with Crippen molar-refractivity contribution in [1.29, 1.82) is 0 Å². The number of benzene rings is 1. The van der Waals surface area contributed by atoms with Gasteiger partial charge < -0.3 is 5.73 Å². The van der Waals surface area contributed by atoms with Gasteiger partial charge in [0.1, 0.15) is 0 Å². The predicted octanol–water partition coefficient (Wildman–Crippen LogP) is 2.67. The first-order chi connectivity index (χ1) is 8.34. The molecule has 0 spiro atoms. The van der Waals surface area contributed by atoms with Crippen molar-refractivity contribution in [3.63, 3.8) is 0 Å². The monoisotopic (exact) mass is 227 g/mol. The molecule has 2 N–H and O–H groups in total. The van der Waals surface area contributed by atoms with Crippen molar-refractivity contribution < 1.29 is 0 Å². The van der Waals surface area contributed by atoms with E-state index in [1.165, 1.54) is 19.3 Å². The Morgan fingerprint density at radius 3 is 2.65 bits per heavy atom. The summed E-state index contributed by atoms with van der Waals surface area (Å²) in [6, 6.07) is 10.3. The summed E-state index contributed by atoms with van der Waals surface area (Å²) in [7, 11) is 0. The zero-order chi connectivity index (χ0) is 11.7. The van der Waals surface area contributed by atoms with Gasteiger partial charge in [0.2, 0.25) is 0 Å². The summed E-state index contributed by atoms with van der Waals surface area (Å²) in [6.07, 6.45) is 7.80. The smallest absolute Gasteiger partial charge is 0.0645 e. The van der Waals surface area contributed by atoms with Crippen LogP contribution in [0, 0.1) is 5.92 Å². The fourth-order valence-electron chi connectivity index (χ4n) is 2.30. The highest BCUT2D eigenvalue weighted by molar-refractivity contribution is 5.31. The van der Waals surface area contributed by atoms with E-state index in [0.29, 0.717) is 5.92 Å². The van der Waals surface area contributed by atoms with Gasteiger partial charge in [0.15, 0.2) is 0 Å². The summed E-state index contributed by atoms with van der Waals surface area (Å²) in [5.41, 5.74) is 8.47. The minimum absolute atomic E-state index is 0.154. The number of aromatic nitrogens is 2. The van der Waals surface area contributed by atoms with E-state index in [1.807, 2.05) is 41.2 Å².